The molecule has 1 aromatic rings. The molecule has 0 N–H and O–H groups in total. The maximum atomic E-state index is 11.5. The molecule has 0 radical (unpaired) electrons. The average molecular weight is 229 g/mol. The number of guanidine groups is 1. The average Bonchev–Trinajstić information content (AvgIpc) is 2.81. The number of hydrogen-bond donors (Lipinski definition) is 0. The van der Waals surface area contributed by atoms with Crippen molar-refractivity contribution in [2.45, 2.75) is 6.04 Å². The van der Waals surface area contributed by atoms with Crippen LogP contribution in [-0.2, 0) is 9.59 Å². The lowest BCUT2D eigenvalue weighted by atomic mass is 10.1. The molecule has 0 spiro atoms. The normalized spacial score (nSPS) is 23.1. The van der Waals surface area contributed by atoms with Gasteiger partial charge in [0, 0.05) is 7.05 Å². The first-order valence-electron chi connectivity index (χ1n) is 5.41. The van der Waals surface area contributed by atoms with E-state index in [1.807, 2.05) is 42.3 Å². The van der Waals surface area contributed by atoms with Gasteiger partial charge in [-0.3, -0.25) is 14.5 Å². The lowest BCUT2D eigenvalue weighted by Crippen LogP contribution is -2.32. The molecule has 86 valence electrons. The van der Waals surface area contributed by atoms with Crippen molar-refractivity contribution in [3.63, 3.8) is 0 Å². The quantitative estimate of drug-likeness (QED) is 0.655. The van der Waals surface area contributed by atoms with Crippen LogP contribution in [0.15, 0.2) is 35.3 Å². The van der Waals surface area contributed by atoms with Crippen LogP contribution in [0.2, 0.25) is 0 Å². The summed E-state index contributed by atoms with van der Waals surface area (Å²) in [6.45, 7) is 0.490. The number of carbonyl (C=O) groups is 2. The van der Waals surface area contributed by atoms with Gasteiger partial charge in [0.2, 0.25) is 5.96 Å². The van der Waals surface area contributed by atoms with E-state index in [9.17, 15) is 9.59 Å². The molecular weight excluding hydrogens is 218 g/mol. The number of nitrogens with zero attached hydrogens (tertiary/aromatic N) is 3. The predicted octanol–water partition coefficient (Wildman–Crippen LogP) is 0.398. The molecule has 0 saturated carbocycles. The summed E-state index contributed by atoms with van der Waals surface area (Å²) in [5, 5.41) is 0. The maximum absolute atomic E-state index is 11.5. The zero-order chi connectivity index (χ0) is 12.0. The zero-order valence-corrected chi connectivity index (χ0v) is 9.33. The van der Waals surface area contributed by atoms with Crippen LogP contribution in [0.1, 0.15) is 11.6 Å². The molecule has 1 aromatic carbocycles. The Labute approximate surface area is 98.3 Å². The highest BCUT2D eigenvalue weighted by molar-refractivity contribution is 6.44. The van der Waals surface area contributed by atoms with Crippen molar-refractivity contribution in [1.82, 2.24) is 9.80 Å². The molecule has 3 rings (SSSR count). The molecule has 0 aromatic heterocycles. The Balaban J connectivity index is 1.96. The minimum absolute atomic E-state index is 0.0759. The summed E-state index contributed by atoms with van der Waals surface area (Å²) in [7, 11) is 1.85. The Bertz CT molecular complexity index is 524. The fourth-order valence-corrected chi connectivity index (χ4v) is 2.28. The van der Waals surface area contributed by atoms with Crippen molar-refractivity contribution >= 4 is 17.8 Å². The summed E-state index contributed by atoms with van der Waals surface area (Å²) >= 11 is 0. The van der Waals surface area contributed by atoms with Crippen molar-refractivity contribution < 1.29 is 9.59 Å². The number of hydrogen-bond acceptors (Lipinski definition) is 3. The van der Waals surface area contributed by atoms with Crippen LogP contribution in [0.5, 0.6) is 0 Å². The number of fused-ring (bicyclic) bond motifs is 1. The van der Waals surface area contributed by atoms with Crippen LogP contribution < -0.4 is 0 Å². The van der Waals surface area contributed by atoms with Gasteiger partial charge in [-0.1, -0.05) is 30.3 Å². The molecule has 1 atom stereocenters. The van der Waals surface area contributed by atoms with E-state index in [1.54, 1.807) is 0 Å². The van der Waals surface area contributed by atoms with E-state index in [-0.39, 0.29) is 6.04 Å². The van der Waals surface area contributed by atoms with Crippen LogP contribution in [0, 0.1) is 0 Å². The van der Waals surface area contributed by atoms with Crippen molar-refractivity contribution in [3.8, 4) is 0 Å². The van der Waals surface area contributed by atoms with Gasteiger partial charge < -0.3 is 4.90 Å². The van der Waals surface area contributed by atoms with Gasteiger partial charge in [0.05, 0.1) is 12.6 Å². The van der Waals surface area contributed by atoms with Crippen molar-refractivity contribution in [3.05, 3.63) is 35.9 Å². The number of aliphatic imine (C=N–C) groups is 1. The largest absolute Gasteiger partial charge is 0.338 e. The highest BCUT2D eigenvalue weighted by Gasteiger charge is 2.44. The molecule has 1 saturated heterocycles. The Morgan fingerprint density at radius 1 is 1.24 bits per heavy atom. The number of carbonyl (C=O) groups excluding carboxylic acids is 2. The van der Waals surface area contributed by atoms with E-state index in [4.69, 9.17) is 0 Å². The molecule has 0 bridgehead atoms. The van der Waals surface area contributed by atoms with E-state index in [2.05, 4.69) is 4.99 Å². The monoisotopic (exact) mass is 229 g/mol. The van der Waals surface area contributed by atoms with Crippen LogP contribution >= 0.6 is 0 Å². The first-order valence-corrected chi connectivity index (χ1v) is 5.41. The molecule has 2 aliphatic heterocycles. The maximum Gasteiger partial charge on any atom is 0.338 e. The van der Waals surface area contributed by atoms with Crippen LogP contribution in [0.25, 0.3) is 0 Å². The number of likely N-dealkylation sites (N-methyl/N-ethyl adjacent to an activating group) is 1. The number of rotatable bonds is 1. The predicted molar refractivity (Wildman–Crippen MR) is 61.1 cm³/mol. The second-order valence-corrected chi connectivity index (χ2v) is 4.17. The van der Waals surface area contributed by atoms with E-state index in [0.29, 0.717) is 12.5 Å². The van der Waals surface area contributed by atoms with E-state index < -0.39 is 11.8 Å². The van der Waals surface area contributed by atoms with Gasteiger partial charge in [0.1, 0.15) is 0 Å². The molecule has 5 heteroatoms. The summed E-state index contributed by atoms with van der Waals surface area (Å²) in [6.07, 6.45) is 0. The molecule has 2 aliphatic rings. The SMILES string of the molecule is CN1C2=NC(=O)C(=O)N2CC1c1ccccc1. The van der Waals surface area contributed by atoms with Crippen molar-refractivity contribution in [1.29, 1.82) is 0 Å². The highest BCUT2D eigenvalue weighted by atomic mass is 16.2. The Morgan fingerprint density at radius 2 is 1.94 bits per heavy atom. The number of amides is 2. The fourth-order valence-electron chi connectivity index (χ4n) is 2.28. The van der Waals surface area contributed by atoms with Gasteiger partial charge in [0.25, 0.3) is 0 Å². The molecule has 2 amide bonds. The summed E-state index contributed by atoms with van der Waals surface area (Å²) in [5.41, 5.74) is 1.12. The van der Waals surface area contributed by atoms with Crippen molar-refractivity contribution in [2.24, 2.45) is 4.99 Å². The summed E-state index contributed by atoms with van der Waals surface area (Å²) in [4.78, 5) is 29.8. The zero-order valence-electron chi connectivity index (χ0n) is 9.33. The third-order valence-electron chi connectivity index (χ3n) is 3.19. The second kappa shape index (κ2) is 3.41. The lowest BCUT2D eigenvalue weighted by molar-refractivity contribution is -0.139. The standard InChI is InChI=1S/C12H11N3O2/c1-14-9(8-5-3-2-4-6-8)7-15-11(17)10(16)13-12(14)15/h2-6,9H,7H2,1H3. The van der Waals surface area contributed by atoms with Crippen LogP contribution in [-0.4, -0.2) is 41.2 Å². The minimum atomic E-state index is -0.668. The third-order valence-corrected chi connectivity index (χ3v) is 3.19. The number of benzene rings is 1. The van der Waals surface area contributed by atoms with Gasteiger partial charge in [-0.15, -0.1) is 0 Å². The Hall–Kier alpha value is -2.17. The van der Waals surface area contributed by atoms with Gasteiger partial charge >= 0.3 is 11.8 Å². The second-order valence-electron chi connectivity index (χ2n) is 4.17. The van der Waals surface area contributed by atoms with Crippen LogP contribution in [0.4, 0.5) is 0 Å². The first-order chi connectivity index (χ1) is 8.18. The molecule has 0 aliphatic carbocycles. The molecule has 1 fully saturated rings. The summed E-state index contributed by atoms with van der Waals surface area (Å²) in [5.74, 6) is -0.725. The molecular formula is C12H11N3O2. The third kappa shape index (κ3) is 1.35. The van der Waals surface area contributed by atoms with Gasteiger partial charge in [-0.25, -0.2) is 0 Å². The lowest BCUT2D eigenvalue weighted by Gasteiger charge is -2.19. The summed E-state index contributed by atoms with van der Waals surface area (Å²) < 4.78 is 0. The van der Waals surface area contributed by atoms with E-state index in [1.165, 1.54) is 4.90 Å². The first kappa shape index (κ1) is 10.0. The minimum Gasteiger partial charge on any atom is -0.336 e. The highest BCUT2D eigenvalue weighted by Crippen LogP contribution is 2.30. The van der Waals surface area contributed by atoms with Crippen LogP contribution in [0.3, 0.4) is 0 Å². The fraction of sp³-hybridized carbons (Fsp3) is 0.250. The van der Waals surface area contributed by atoms with Gasteiger partial charge in [0.15, 0.2) is 0 Å². The van der Waals surface area contributed by atoms with E-state index in [0.717, 1.165) is 5.56 Å². The van der Waals surface area contributed by atoms with E-state index >= 15 is 0 Å². The van der Waals surface area contributed by atoms with Gasteiger partial charge in [-0.05, 0) is 5.56 Å². The molecule has 17 heavy (non-hydrogen) atoms. The molecule has 1 unspecified atom stereocenters. The smallest absolute Gasteiger partial charge is 0.336 e. The molecule has 2 heterocycles. The van der Waals surface area contributed by atoms with Crippen molar-refractivity contribution in [2.75, 3.05) is 13.6 Å². The Kier molecular flexibility index (Phi) is 2.01. The topological polar surface area (TPSA) is 53.0 Å². The Morgan fingerprint density at radius 3 is 2.59 bits per heavy atom. The molecule has 5 nitrogen and oxygen atoms in total. The van der Waals surface area contributed by atoms with Gasteiger partial charge in [-0.2, -0.15) is 4.99 Å². The summed E-state index contributed by atoms with van der Waals surface area (Å²) in [6, 6.07) is 9.97.